The first-order valence-corrected chi connectivity index (χ1v) is 13.0. The number of benzene rings is 1. The minimum absolute atomic E-state index is 0.0229. The van der Waals surface area contributed by atoms with Crippen LogP contribution in [0.5, 0.6) is 0 Å². The molecule has 4 rings (SSSR count). The second kappa shape index (κ2) is 8.72. The third-order valence-electron chi connectivity index (χ3n) is 6.16. The van der Waals surface area contributed by atoms with Gasteiger partial charge in [-0.3, -0.25) is 9.59 Å². The number of carbonyl (C=O) groups is 2. The molecule has 0 bridgehead atoms. The molecule has 9 heteroatoms. The zero-order chi connectivity index (χ0) is 22.2. The molecule has 1 atom stereocenters. The number of hydrogen-bond acceptors (Lipinski definition) is 5. The van der Waals surface area contributed by atoms with Gasteiger partial charge in [0.1, 0.15) is 5.00 Å². The Morgan fingerprint density at radius 1 is 1.16 bits per heavy atom. The first-order chi connectivity index (χ1) is 14.8. The number of aryl methyl sites for hydroxylation is 1. The lowest BCUT2D eigenvalue weighted by Gasteiger charge is -2.34. The lowest BCUT2D eigenvalue weighted by atomic mass is 10.0. The van der Waals surface area contributed by atoms with Gasteiger partial charge in [0.05, 0.1) is 10.5 Å². The van der Waals surface area contributed by atoms with Crippen LogP contribution >= 0.6 is 11.3 Å². The number of sulfonamides is 1. The van der Waals surface area contributed by atoms with Gasteiger partial charge in [-0.05, 0) is 68.4 Å². The molecule has 1 unspecified atom stereocenters. The highest BCUT2D eigenvalue weighted by Gasteiger charge is 2.32. The van der Waals surface area contributed by atoms with Gasteiger partial charge in [0.15, 0.2) is 0 Å². The normalized spacial score (nSPS) is 19.2. The first-order valence-electron chi connectivity index (χ1n) is 10.7. The number of nitrogens with two attached hydrogens (primary N) is 1. The molecule has 1 aliphatic heterocycles. The van der Waals surface area contributed by atoms with Gasteiger partial charge < -0.3 is 11.1 Å². The molecule has 2 heterocycles. The lowest BCUT2D eigenvalue weighted by molar-refractivity contribution is 0.100. The van der Waals surface area contributed by atoms with Crippen molar-refractivity contribution in [3.8, 4) is 0 Å². The Bertz CT molecular complexity index is 1110. The van der Waals surface area contributed by atoms with Crippen molar-refractivity contribution < 1.29 is 18.0 Å². The van der Waals surface area contributed by atoms with Gasteiger partial charge in [-0.15, -0.1) is 11.3 Å². The average Bonchev–Trinajstić information content (AvgIpc) is 3.34. The number of anilines is 1. The Hall–Kier alpha value is -2.23. The molecule has 1 aliphatic carbocycles. The third kappa shape index (κ3) is 4.14. The smallest absolute Gasteiger partial charge is 0.256 e. The number of amides is 2. The van der Waals surface area contributed by atoms with Crippen LogP contribution in [0.1, 0.15) is 70.2 Å². The molecular weight excluding hydrogens is 434 g/mol. The highest BCUT2D eigenvalue weighted by molar-refractivity contribution is 7.89. The average molecular weight is 462 g/mol. The second-order valence-electron chi connectivity index (χ2n) is 8.08. The summed E-state index contributed by atoms with van der Waals surface area (Å²) in [6, 6.07) is 6.01. The topological polar surface area (TPSA) is 110 Å². The number of fused-ring (bicyclic) bond motifs is 1. The summed E-state index contributed by atoms with van der Waals surface area (Å²) in [5.74, 6) is -0.932. The number of nitrogens with zero attached hydrogens (tertiary/aromatic N) is 1. The number of hydrogen-bond donors (Lipinski definition) is 2. The molecule has 2 aromatic rings. The number of piperidine rings is 1. The fraction of sp³-hybridized carbons (Fsp3) is 0.455. The van der Waals surface area contributed by atoms with Crippen LogP contribution in [-0.2, 0) is 22.9 Å². The van der Waals surface area contributed by atoms with Crippen LogP contribution in [-0.4, -0.2) is 37.1 Å². The van der Waals surface area contributed by atoms with Crippen molar-refractivity contribution in [2.24, 2.45) is 5.73 Å². The number of rotatable bonds is 6. The molecule has 1 saturated heterocycles. The van der Waals surface area contributed by atoms with Crippen LogP contribution < -0.4 is 11.1 Å². The van der Waals surface area contributed by atoms with E-state index in [4.69, 9.17) is 5.73 Å². The minimum Gasteiger partial charge on any atom is -0.365 e. The largest absolute Gasteiger partial charge is 0.365 e. The zero-order valence-corrected chi connectivity index (χ0v) is 19.2. The van der Waals surface area contributed by atoms with Crippen molar-refractivity contribution in [2.75, 3.05) is 11.9 Å². The number of thiophene rings is 1. The van der Waals surface area contributed by atoms with Crippen molar-refractivity contribution in [1.82, 2.24) is 4.31 Å². The fourth-order valence-corrected chi connectivity index (χ4v) is 7.60. The summed E-state index contributed by atoms with van der Waals surface area (Å²) in [7, 11) is -3.60. The molecular formula is C22H27N3O4S2. The third-order valence-corrected chi connectivity index (χ3v) is 9.34. The summed E-state index contributed by atoms with van der Waals surface area (Å²) in [6.07, 6.45) is 6.24. The Morgan fingerprint density at radius 2 is 1.90 bits per heavy atom. The number of nitrogens with one attached hydrogen (secondary N) is 1. The van der Waals surface area contributed by atoms with Gasteiger partial charge in [0.2, 0.25) is 10.0 Å². The van der Waals surface area contributed by atoms with Crippen molar-refractivity contribution in [1.29, 1.82) is 0 Å². The van der Waals surface area contributed by atoms with E-state index < -0.39 is 21.8 Å². The molecule has 0 radical (unpaired) electrons. The summed E-state index contributed by atoms with van der Waals surface area (Å²) >= 11 is 1.39. The predicted molar refractivity (Wildman–Crippen MR) is 121 cm³/mol. The van der Waals surface area contributed by atoms with E-state index in [-0.39, 0.29) is 10.9 Å². The van der Waals surface area contributed by atoms with E-state index in [0.717, 1.165) is 55.4 Å². The Labute approximate surface area is 186 Å². The van der Waals surface area contributed by atoms with E-state index in [9.17, 15) is 18.0 Å². The molecule has 0 saturated carbocycles. The summed E-state index contributed by atoms with van der Waals surface area (Å²) in [5.41, 5.74) is 7.23. The molecule has 3 N–H and O–H groups in total. The highest BCUT2D eigenvalue weighted by Crippen LogP contribution is 2.39. The molecule has 1 fully saturated rings. The van der Waals surface area contributed by atoms with E-state index in [1.165, 1.54) is 35.6 Å². The molecule has 7 nitrogen and oxygen atoms in total. The van der Waals surface area contributed by atoms with Crippen molar-refractivity contribution in [3.63, 3.8) is 0 Å². The lowest BCUT2D eigenvalue weighted by Crippen LogP contribution is -2.43. The quantitative estimate of drug-likeness (QED) is 0.685. The van der Waals surface area contributed by atoms with Gasteiger partial charge >= 0.3 is 0 Å². The van der Waals surface area contributed by atoms with Gasteiger partial charge in [-0.2, -0.15) is 4.31 Å². The Kier molecular flexibility index (Phi) is 6.18. The zero-order valence-electron chi connectivity index (χ0n) is 17.5. The van der Waals surface area contributed by atoms with E-state index in [0.29, 0.717) is 22.7 Å². The van der Waals surface area contributed by atoms with E-state index in [1.807, 2.05) is 6.92 Å². The maximum atomic E-state index is 13.1. The molecule has 0 spiro atoms. The van der Waals surface area contributed by atoms with Crippen LogP contribution in [0.25, 0.3) is 0 Å². The molecule has 1 aromatic carbocycles. The summed E-state index contributed by atoms with van der Waals surface area (Å²) < 4.78 is 27.8. The summed E-state index contributed by atoms with van der Waals surface area (Å²) in [5, 5.41) is 3.26. The molecule has 1 aromatic heterocycles. The van der Waals surface area contributed by atoms with Gasteiger partial charge in [0.25, 0.3) is 11.8 Å². The van der Waals surface area contributed by atoms with Crippen LogP contribution in [0, 0.1) is 0 Å². The second-order valence-corrected chi connectivity index (χ2v) is 11.1. The Morgan fingerprint density at radius 3 is 2.58 bits per heavy atom. The van der Waals surface area contributed by atoms with Crippen molar-refractivity contribution in [3.05, 3.63) is 45.8 Å². The van der Waals surface area contributed by atoms with Crippen LogP contribution in [0.2, 0.25) is 0 Å². The van der Waals surface area contributed by atoms with E-state index in [2.05, 4.69) is 5.32 Å². The highest BCUT2D eigenvalue weighted by atomic mass is 32.2. The minimum atomic E-state index is -3.60. The van der Waals surface area contributed by atoms with Crippen LogP contribution in [0.4, 0.5) is 5.00 Å². The monoisotopic (exact) mass is 461 g/mol. The first kappa shape index (κ1) is 22.0. The fourth-order valence-electron chi connectivity index (χ4n) is 4.54. The number of primary amides is 1. The van der Waals surface area contributed by atoms with E-state index >= 15 is 0 Å². The van der Waals surface area contributed by atoms with E-state index in [1.54, 1.807) is 4.31 Å². The SMILES string of the molecule is CCC1CCCCN1S(=O)(=O)c1ccc(C(=O)Nc2sc3c(c2C(N)=O)CCC3)cc1. The summed E-state index contributed by atoms with van der Waals surface area (Å²) in [4.78, 5) is 26.0. The van der Waals surface area contributed by atoms with Crippen molar-refractivity contribution in [2.45, 2.75) is 62.8 Å². The maximum absolute atomic E-state index is 13.1. The molecule has 166 valence electrons. The van der Waals surface area contributed by atoms with Crippen LogP contribution in [0.3, 0.4) is 0 Å². The van der Waals surface area contributed by atoms with Gasteiger partial charge in [-0.1, -0.05) is 13.3 Å². The molecule has 2 amide bonds. The summed E-state index contributed by atoms with van der Waals surface area (Å²) in [6.45, 7) is 2.54. The Balaban J connectivity index is 1.54. The molecule has 31 heavy (non-hydrogen) atoms. The van der Waals surface area contributed by atoms with Gasteiger partial charge in [-0.25, -0.2) is 8.42 Å². The number of carbonyl (C=O) groups excluding carboxylic acids is 2. The van der Waals surface area contributed by atoms with Gasteiger partial charge in [0, 0.05) is 23.0 Å². The standard InChI is InChI=1S/C22H27N3O4S2/c1-2-15-6-3-4-13-25(15)31(28,29)16-11-9-14(10-12-16)21(27)24-22-19(20(23)26)17-7-5-8-18(17)30-22/h9-12,15H,2-8,13H2,1H3,(H2,23,26)(H,24,27). The van der Waals surface area contributed by atoms with Crippen molar-refractivity contribution >= 4 is 38.2 Å². The van der Waals surface area contributed by atoms with Crippen LogP contribution in [0.15, 0.2) is 29.2 Å². The molecule has 2 aliphatic rings. The predicted octanol–water partition coefficient (Wildman–Crippen LogP) is 3.54. The maximum Gasteiger partial charge on any atom is 0.256 e.